The number of aromatic amines is 1. The second kappa shape index (κ2) is 10.6. The van der Waals surface area contributed by atoms with E-state index < -0.39 is 11.6 Å². The molecule has 0 radical (unpaired) electrons. The van der Waals surface area contributed by atoms with Crippen LogP contribution in [0.5, 0.6) is 0 Å². The van der Waals surface area contributed by atoms with E-state index in [1.54, 1.807) is 7.11 Å². The summed E-state index contributed by atoms with van der Waals surface area (Å²) in [6, 6.07) is 16.7. The van der Waals surface area contributed by atoms with Gasteiger partial charge in [-0.25, -0.2) is 13.8 Å². The number of benzene rings is 3. The molecule has 7 nitrogen and oxygen atoms in total. The molecule has 0 spiro atoms. The van der Waals surface area contributed by atoms with Crippen LogP contribution in [0.15, 0.2) is 60.7 Å². The first-order valence-electron chi connectivity index (χ1n) is 13.1. The van der Waals surface area contributed by atoms with Gasteiger partial charge in [0.05, 0.1) is 23.2 Å². The van der Waals surface area contributed by atoms with E-state index in [9.17, 15) is 13.6 Å². The molecule has 1 saturated heterocycles. The van der Waals surface area contributed by atoms with Gasteiger partial charge < -0.3 is 25.3 Å². The molecule has 6 rings (SSSR count). The van der Waals surface area contributed by atoms with Gasteiger partial charge in [0, 0.05) is 61.4 Å². The average molecular weight is 530 g/mol. The summed E-state index contributed by atoms with van der Waals surface area (Å²) < 4.78 is 34.0. The van der Waals surface area contributed by atoms with E-state index in [4.69, 9.17) is 4.74 Å². The molecule has 200 valence electrons. The van der Waals surface area contributed by atoms with Gasteiger partial charge in [-0.15, -0.1) is 0 Å². The number of carbonyl (C=O) groups is 1. The van der Waals surface area contributed by atoms with Crippen molar-refractivity contribution in [3.63, 3.8) is 0 Å². The van der Waals surface area contributed by atoms with Crippen LogP contribution in [-0.4, -0.2) is 60.2 Å². The van der Waals surface area contributed by atoms with E-state index in [2.05, 4.69) is 25.5 Å². The normalized spacial score (nSPS) is 17.4. The lowest BCUT2D eigenvalue weighted by Crippen LogP contribution is -2.40. The zero-order valence-electron chi connectivity index (χ0n) is 21.6. The number of imidazole rings is 1. The summed E-state index contributed by atoms with van der Waals surface area (Å²) >= 11 is 0. The van der Waals surface area contributed by atoms with Gasteiger partial charge in [-0.2, -0.15) is 0 Å². The van der Waals surface area contributed by atoms with E-state index in [1.807, 2.05) is 42.5 Å². The summed E-state index contributed by atoms with van der Waals surface area (Å²) in [6.07, 6.45) is 1.99. The van der Waals surface area contributed by atoms with Crippen LogP contribution in [0.1, 0.15) is 29.8 Å². The largest absolute Gasteiger partial charge is 0.383 e. The molecule has 3 aromatic carbocycles. The number of rotatable bonds is 7. The molecule has 2 aliphatic heterocycles. The van der Waals surface area contributed by atoms with E-state index in [1.165, 1.54) is 12.1 Å². The number of piperidine rings is 1. The fourth-order valence-corrected chi connectivity index (χ4v) is 5.43. The predicted octanol–water partition coefficient (Wildman–Crippen LogP) is 5.28. The first-order valence-corrected chi connectivity index (χ1v) is 13.1. The average Bonchev–Trinajstić information content (AvgIpc) is 3.49. The van der Waals surface area contributed by atoms with Crippen molar-refractivity contribution < 1.29 is 18.3 Å². The van der Waals surface area contributed by atoms with Crippen LogP contribution >= 0.6 is 0 Å². The minimum atomic E-state index is -0.731. The van der Waals surface area contributed by atoms with Crippen molar-refractivity contribution in [1.82, 2.24) is 14.9 Å². The number of para-hydroxylation sites is 2. The van der Waals surface area contributed by atoms with E-state index >= 15 is 0 Å². The number of hydrogen-bond donors (Lipinski definition) is 3. The molecule has 2 aliphatic rings. The van der Waals surface area contributed by atoms with E-state index in [-0.39, 0.29) is 11.5 Å². The van der Waals surface area contributed by atoms with Gasteiger partial charge in [-0.05, 0) is 60.9 Å². The second-order valence-electron chi connectivity index (χ2n) is 9.98. The van der Waals surface area contributed by atoms with Crippen molar-refractivity contribution in [2.24, 2.45) is 0 Å². The lowest BCUT2D eigenvalue weighted by atomic mass is 9.94. The van der Waals surface area contributed by atoms with Crippen LogP contribution in [-0.2, 0) is 9.53 Å². The van der Waals surface area contributed by atoms with Crippen LogP contribution in [0.2, 0.25) is 0 Å². The maximum Gasteiger partial charge on any atom is 0.257 e. The lowest BCUT2D eigenvalue weighted by molar-refractivity contribution is -0.110. The number of ether oxygens (including phenoxy) is 1. The summed E-state index contributed by atoms with van der Waals surface area (Å²) in [5.41, 5.74) is 4.50. The number of methoxy groups -OCH3 is 1. The van der Waals surface area contributed by atoms with Crippen molar-refractivity contribution in [1.29, 1.82) is 0 Å². The molecule has 0 saturated carbocycles. The minimum Gasteiger partial charge on any atom is -0.383 e. The summed E-state index contributed by atoms with van der Waals surface area (Å²) in [5.74, 6) is -1.45. The number of halogens is 2. The van der Waals surface area contributed by atoms with Gasteiger partial charge in [0.2, 0.25) is 0 Å². The van der Waals surface area contributed by atoms with Crippen molar-refractivity contribution in [3.05, 3.63) is 89.2 Å². The number of H-pyrrole nitrogens is 1. The quantitative estimate of drug-likeness (QED) is 0.284. The number of hydrogen-bond acceptors (Lipinski definition) is 5. The highest BCUT2D eigenvalue weighted by atomic mass is 19.1. The lowest BCUT2D eigenvalue weighted by Gasteiger charge is -2.32. The summed E-state index contributed by atoms with van der Waals surface area (Å²) in [5, 5.41) is 6.53. The van der Waals surface area contributed by atoms with Gasteiger partial charge in [-0.3, -0.25) is 4.79 Å². The Hall–Kier alpha value is -4.08. The fourth-order valence-electron chi connectivity index (χ4n) is 5.43. The molecule has 3 heterocycles. The van der Waals surface area contributed by atoms with Crippen LogP contribution in [0.25, 0.3) is 22.2 Å². The first kappa shape index (κ1) is 25.2. The Morgan fingerprint density at radius 2 is 1.85 bits per heavy atom. The third-order valence-corrected chi connectivity index (χ3v) is 7.36. The fraction of sp³-hybridized carbons (Fsp3) is 0.267. The summed E-state index contributed by atoms with van der Waals surface area (Å²) in [6.45, 7) is 3.62. The molecule has 0 unspecified atom stereocenters. The molecule has 4 aromatic rings. The Balaban J connectivity index is 1.40. The van der Waals surface area contributed by atoms with Crippen LogP contribution in [0, 0.1) is 11.6 Å². The molecule has 9 heteroatoms. The zero-order valence-corrected chi connectivity index (χ0v) is 21.6. The monoisotopic (exact) mass is 529 g/mol. The molecular weight excluding hydrogens is 500 g/mol. The van der Waals surface area contributed by atoms with Gasteiger partial charge in [0.1, 0.15) is 17.5 Å². The molecule has 1 fully saturated rings. The van der Waals surface area contributed by atoms with Gasteiger partial charge in [0.25, 0.3) is 5.91 Å². The maximum absolute atomic E-state index is 14.4. The molecule has 0 atom stereocenters. The SMILES string of the molecule is COCCN1CCC(Nc2ccc3c(c2)C(=C(c2cc(F)cc(F)c2)c2nc4ccccc4[nH]2)C(=O)N3)CC1. The number of nitrogens with one attached hydrogen (secondary N) is 3. The predicted molar refractivity (Wildman–Crippen MR) is 148 cm³/mol. The number of nitrogens with zero attached hydrogens (tertiary/aromatic N) is 2. The second-order valence-corrected chi connectivity index (χ2v) is 9.98. The Morgan fingerprint density at radius 3 is 2.59 bits per heavy atom. The zero-order chi connectivity index (χ0) is 26.9. The van der Waals surface area contributed by atoms with Crippen LogP contribution in [0.3, 0.4) is 0 Å². The van der Waals surface area contributed by atoms with E-state index in [0.717, 1.165) is 56.4 Å². The number of amides is 1. The van der Waals surface area contributed by atoms with E-state index in [0.29, 0.717) is 39.8 Å². The molecule has 1 aromatic heterocycles. The molecule has 0 aliphatic carbocycles. The highest BCUT2D eigenvalue weighted by Crippen LogP contribution is 2.41. The Kier molecular flexibility index (Phi) is 6.85. The first-order chi connectivity index (χ1) is 19.0. The van der Waals surface area contributed by atoms with Crippen LogP contribution < -0.4 is 10.6 Å². The number of likely N-dealkylation sites (tertiary alicyclic amines) is 1. The topological polar surface area (TPSA) is 82.3 Å². The highest BCUT2D eigenvalue weighted by Gasteiger charge is 2.31. The molecule has 0 bridgehead atoms. The number of carbonyl (C=O) groups excluding carboxylic acids is 1. The number of aromatic nitrogens is 2. The Labute approximate surface area is 224 Å². The van der Waals surface area contributed by atoms with Crippen LogP contribution in [0.4, 0.5) is 20.2 Å². The van der Waals surface area contributed by atoms with Gasteiger partial charge in [-0.1, -0.05) is 12.1 Å². The van der Waals surface area contributed by atoms with Gasteiger partial charge in [0.15, 0.2) is 0 Å². The highest BCUT2D eigenvalue weighted by molar-refractivity contribution is 6.38. The van der Waals surface area contributed by atoms with Crippen molar-refractivity contribution in [2.45, 2.75) is 18.9 Å². The van der Waals surface area contributed by atoms with Crippen molar-refractivity contribution in [2.75, 3.05) is 44.0 Å². The van der Waals surface area contributed by atoms with Crippen molar-refractivity contribution in [3.8, 4) is 0 Å². The van der Waals surface area contributed by atoms with Gasteiger partial charge >= 0.3 is 0 Å². The molecule has 1 amide bonds. The third kappa shape index (κ3) is 5.15. The third-order valence-electron chi connectivity index (χ3n) is 7.36. The standard InChI is InChI=1S/C30H29F2N5O2/c1-39-13-12-37-10-8-21(9-11-37)33-22-6-7-24-23(17-22)28(30(38)36-24)27(18-14-19(31)16-20(32)15-18)29-34-25-4-2-3-5-26(25)35-29/h2-7,14-17,21,33H,8-13H2,1H3,(H,34,35)(H,36,38). The minimum absolute atomic E-state index is 0.228. The summed E-state index contributed by atoms with van der Waals surface area (Å²) in [4.78, 5) is 23.7. The van der Waals surface area contributed by atoms with Crippen molar-refractivity contribution >= 4 is 39.5 Å². The summed E-state index contributed by atoms with van der Waals surface area (Å²) in [7, 11) is 1.72. The number of anilines is 2. The molecule has 3 N–H and O–H groups in total. The number of fused-ring (bicyclic) bond motifs is 2. The molecular formula is C30H29F2N5O2. The smallest absolute Gasteiger partial charge is 0.257 e. The molecule has 39 heavy (non-hydrogen) atoms. The Bertz CT molecular complexity index is 1520. The Morgan fingerprint density at radius 1 is 1.08 bits per heavy atom. The maximum atomic E-state index is 14.4.